The van der Waals surface area contributed by atoms with E-state index < -0.39 is 17.5 Å². The van der Waals surface area contributed by atoms with E-state index >= 15 is 0 Å². The zero-order valence-electron chi connectivity index (χ0n) is 14.4. The van der Waals surface area contributed by atoms with Crippen molar-refractivity contribution in [3.05, 3.63) is 30.2 Å². The van der Waals surface area contributed by atoms with Crippen molar-refractivity contribution in [1.29, 1.82) is 0 Å². The van der Waals surface area contributed by atoms with Crippen LogP contribution in [0.3, 0.4) is 0 Å². The van der Waals surface area contributed by atoms with Crippen LogP contribution >= 0.6 is 0 Å². The molecule has 2 aromatic rings. The fraction of sp³-hybridized carbons (Fsp3) is 0.438. The lowest BCUT2D eigenvalue weighted by Crippen LogP contribution is -2.47. The minimum absolute atomic E-state index is 0.235. The molecule has 3 heterocycles. The summed E-state index contributed by atoms with van der Waals surface area (Å²) in [6.07, 6.45) is 3.08. The van der Waals surface area contributed by atoms with Crippen LogP contribution in [0.4, 0.5) is 0 Å². The van der Waals surface area contributed by atoms with Crippen molar-refractivity contribution in [2.24, 2.45) is 10.7 Å². The normalized spacial score (nSPS) is 22.2. The van der Waals surface area contributed by atoms with Crippen LogP contribution < -0.4 is 16.6 Å². The van der Waals surface area contributed by atoms with E-state index in [0.29, 0.717) is 11.7 Å². The van der Waals surface area contributed by atoms with E-state index in [0.717, 1.165) is 42.3 Å². The van der Waals surface area contributed by atoms with Gasteiger partial charge in [0, 0.05) is 24.6 Å². The molecule has 1 saturated heterocycles. The predicted molar refractivity (Wildman–Crippen MR) is 97.3 cm³/mol. The number of aromatic nitrogens is 2. The lowest BCUT2D eigenvalue weighted by molar-refractivity contribution is 0.261. The molecule has 26 heavy (non-hydrogen) atoms. The van der Waals surface area contributed by atoms with Gasteiger partial charge in [-0.2, -0.15) is 10.4 Å². The Balaban J connectivity index is 1.40. The fourth-order valence-corrected chi connectivity index (χ4v) is 3.67. The monoisotopic (exact) mass is 375 g/mol. The number of hydrazine groups is 1. The third-order valence-corrected chi connectivity index (χ3v) is 5.56. The van der Waals surface area contributed by atoms with E-state index in [1.54, 1.807) is 6.26 Å². The van der Waals surface area contributed by atoms with Crippen molar-refractivity contribution in [3.63, 3.8) is 0 Å². The van der Waals surface area contributed by atoms with Crippen LogP contribution in [0.5, 0.6) is 0 Å². The molecule has 1 aromatic carbocycles. The zero-order chi connectivity index (χ0) is 18.1. The molecule has 9 nitrogen and oxygen atoms in total. The molecule has 4 N–H and O–H groups in total. The molecule has 4 rings (SSSR count). The van der Waals surface area contributed by atoms with Gasteiger partial charge in [-0.15, -0.1) is 0 Å². The summed E-state index contributed by atoms with van der Waals surface area (Å²) in [7, 11) is 0. The Labute approximate surface area is 154 Å². The summed E-state index contributed by atoms with van der Waals surface area (Å²) < 4.78 is 17.0. The number of nitrogens with one attached hydrogen (secondary N) is 2. The van der Waals surface area contributed by atoms with Crippen LogP contribution in [-0.4, -0.2) is 51.2 Å². The molecule has 138 valence electrons. The number of nitrogens with zero attached hydrogens (tertiary/aromatic N) is 4. The van der Waals surface area contributed by atoms with E-state index in [1.165, 1.54) is 0 Å². The Kier molecular flexibility index (Phi) is 4.81. The van der Waals surface area contributed by atoms with Crippen LogP contribution in [0.25, 0.3) is 11.4 Å². The van der Waals surface area contributed by atoms with Gasteiger partial charge in [-0.25, -0.2) is 4.99 Å². The lowest BCUT2D eigenvalue weighted by atomic mass is 9.97. The number of hydrogen-bond acceptors (Lipinski definition) is 9. The van der Waals surface area contributed by atoms with Crippen LogP contribution in [0.2, 0.25) is 0 Å². The summed E-state index contributed by atoms with van der Waals surface area (Å²) in [4.78, 5) is 11.8. The third kappa shape index (κ3) is 3.54. The van der Waals surface area contributed by atoms with Crippen LogP contribution in [0.15, 0.2) is 38.7 Å². The van der Waals surface area contributed by atoms with Crippen LogP contribution in [-0.2, 0) is 11.2 Å². The molecular formula is C16H21N7O2S. The summed E-state index contributed by atoms with van der Waals surface area (Å²) >= 11 is -0.995. The Morgan fingerprint density at radius 2 is 2.00 bits per heavy atom. The van der Waals surface area contributed by atoms with Crippen LogP contribution in [0.1, 0.15) is 24.7 Å². The van der Waals surface area contributed by atoms with E-state index in [1.807, 2.05) is 24.3 Å². The van der Waals surface area contributed by atoms with Gasteiger partial charge in [-0.3, -0.25) is 11.2 Å². The second-order valence-corrected chi connectivity index (χ2v) is 7.74. The van der Waals surface area contributed by atoms with Crippen LogP contribution in [0, 0.1) is 0 Å². The van der Waals surface area contributed by atoms with Crippen molar-refractivity contribution < 1.29 is 9.08 Å². The highest BCUT2D eigenvalue weighted by atomic mass is 32.2. The SMILES string of the molecule is C[S+]([O-])c1ccc(-c2noc(C3CCN(C4=NC(N)NN4)CC3)n2)cc1. The maximum Gasteiger partial charge on any atom is 0.230 e. The second-order valence-electron chi connectivity index (χ2n) is 6.36. The van der Waals surface area contributed by atoms with Crippen molar-refractivity contribution in [2.45, 2.75) is 29.9 Å². The number of rotatable bonds is 3. The molecule has 2 aliphatic rings. The lowest BCUT2D eigenvalue weighted by Gasteiger charge is -2.31. The van der Waals surface area contributed by atoms with Gasteiger partial charge < -0.3 is 14.0 Å². The Hall–Kier alpha value is -2.14. The largest absolute Gasteiger partial charge is 0.612 e. The molecular weight excluding hydrogens is 354 g/mol. The highest BCUT2D eigenvalue weighted by Gasteiger charge is 2.28. The third-order valence-electron chi connectivity index (χ3n) is 4.62. The molecule has 0 saturated carbocycles. The standard InChI is InChI=1S/C16H21N7O2S/c1-26(24)12-4-2-10(3-5-12)13-18-14(25-22-13)11-6-8-23(9-7-11)16-19-15(17)20-21-16/h2-5,11,15,20H,6-9,17H2,1H3,(H,19,21). The van der Waals surface area contributed by atoms with Gasteiger partial charge in [0.15, 0.2) is 11.2 Å². The average molecular weight is 375 g/mol. The first-order chi connectivity index (χ1) is 12.6. The minimum atomic E-state index is -0.995. The van der Waals surface area contributed by atoms with Gasteiger partial charge in [-0.05, 0) is 48.3 Å². The topological polar surface area (TPSA) is 128 Å². The van der Waals surface area contributed by atoms with Crippen molar-refractivity contribution >= 4 is 17.1 Å². The van der Waals surface area contributed by atoms with E-state index in [2.05, 4.69) is 30.9 Å². The van der Waals surface area contributed by atoms with Crippen molar-refractivity contribution in [3.8, 4) is 11.4 Å². The average Bonchev–Trinajstić information content (AvgIpc) is 3.31. The minimum Gasteiger partial charge on any atom is -0.612 e. The second kappa shape index (κ2) is 7.23. The number of piperidine rings is 1. The van der Waals surface area contributed by atoms with Gasteiger partial charge in [0.1, 0.15) is 6.26 Å². The number of aliphatic imine (C=N–C) groups is 1. The molecule has 0 aliphatic carbocycles. The molecule has 0 spiro atoms. The molecule has 1 aromatic heterocycles. The highest BCUT2D eigenvalue weighted by molar-refractivity contribution is 7.90. The summed E-state index contributed by atoms with van der Waals surface area (Å²) in [5.74, 6) is 2.25. The van der Waals surface area contributed by atoms with E-state index in [9.17, 15) is 4.55 Å². The van der Waals surface area contributed by atoms with Crippen molar-refractivity contribution in [1.82, 2.24) is 25.9 Å². The number of benzene rings is 1. The van der Waals surface area contributed by atoms with Gasteiger partial charge in [0.25, 0.3) is 0 Å². The summed E-state index contributed by atoms with van der Waals surface area (Å²) in [5, 5.41) is 4.10. The molecule has 0 radical (unpaired) electrons. The zero-order valence-corrected chi connectivity index (χ0v) is 15.2. The van der Waals surface area contributed by atoms with Crippen molar-refractivity contribution in [2.75, 3.05) is 19.3 Å². The Morgan fingerprint density at radius 1 is 1.27 bits per heavy atom. The first-order valence-corrected chi connectivity index (χ1v) is 10.0. The van der Waals surface area contributed by atoms with E-state index in [4.69, 9.17) is 10.3 Å². The van der Waals surface area contributed by atoms with E-state index in [-0.39, 0.29) is 5.92 Å². The smallest absolute Gasteiger partial charge is 0.230 e. The summed E-state index contributed by atoms with van der Waals surface area (Å²) in [6, 6.07) is 7.39. The molecule has 10 heteroatoms. The van der Waals surface area contributed by atoms with Gasteiger partial charge in [0.05, 0.1) is 0 Å². The maximum absolute atomic E-state index is 11.5. The van der Waals surface area contributed by atoms with Gasteiger partial charge >= 0.3 is 0 Å². The highest BCUT2D eigenvalue weighted by Crippen LogP contribution is 2.29. The Morgan fingerprint density at radius 3 is 2.62 bits per heavy atom. The maximum atomic E-state index is 11.5. The number of guanidine groups is 1. The Bertz CT molecular complexity index is 784. The fourth-order valence-electron chi connectivity index (χ4n) is 3.15. The molecule has 2 aliphatic heterocycles. The van der Waals surface area contributed by atoms with Gasteiger partial charge in [-0.1, -0.05) is 5.16 Å². The van der Waals surface area contributed by atoms with Gasteiger partial charge in [0.2, 0.25) is 17.7 Å². The number of likely N-dealkylation sites (tertiary alicyclic amines) is 1. The molecule has 1 fully saturated rings. The summed E-state index contributed by atoms with van der Waals surface area (Å²) in [5.41, 5.74) is 12.4. The first-order valence-electron chi connectivity index (χ1n) is 8.47. The molecule has 2 unspecified atom stereocenters. The first kappa shape index (κ1) is 17.3. The summed E-state index contributed by atoms with van der Waals surface area (Å²) in [6.45, 7) is 1.69. The molecule has 2 atom stereocenters. The number of nitrogens with two attached hydrogens (primary N) is 1. The number of hydrogen-bond donors (Lipinski definition) is 3. The predicted octanol–water partition coefficient (Wildman–Crippen LogP) is 0.360. The molecule has 0 bridgehead atoms. The molecule has 0 amide bonds. The quantitative estimate of drug-likeness (QED) is 0.656.